The topological polar surface area (TPSA) is 66.7 Å². The van der Waals surface area contributed by atoms with Gasteiger partial charge in [-0.05, 0) is 24.5 Å². The lowest BCUT2D eigenvalue weighted by Crippen LogP contribution is -2.53. The van der Waals surface area contributed by atoms with E-state index in [1.807, 2.05) is 54.6 Å². The largest absolute Gasteiger partial charge is 0.355 e. The maximum Gasteiger partial charge on any atom is 0.276 e. The number of hydrogen-bond acceptors (Lipinski definition) is 4. The van der Waals surface area contributed by atoms with Crippen molar-refractivity contribution in [3.8, 4) is 11.3 Å². The zero-order chi connectivity index (χ0) is 20.0. The summed E-state index contributed by atoms with van der Waals surface area (Å²) in [7, 11) is 1.81. The molecule has 1 atom stereocenters. The molecular formula is C23H21N3O3. The Balaban J connectivity index is 1.44. The Morgan fingerprint density at radius 2 is 1.86 bits per heavy atom. The fourth-order valence-corrected chi connectivity index (χ4v) is 4.62. The molecule has 0 bridgehead atoms. The van der Waals surface area contributed by atoms with Crippen molar-refractivity contribution in [1.29, 1.82) is 0 Å². The van der Waals surface area contributed by atoms with Gasteiger partial charge in [-0.3, -0.25) is 9.59 Å². The molecule has 2 amide bonds. The van der Waals surface area contributed by atoms with Crippen LogP contribution in [0.15, 0.2) is 65.2 Å². The number of benzene rings is 2. The Labute approximate surface area is 168 Å². The maximum absolute atomic E-state index is 13.2. The van der Waals surface area contributed by atoms with Crippen LogP contribution in [-0.2, 0) is 10.2 Å². The Bertz CT molecular complexity index is 1090. The molecule has 1 spiro atoms. The number of likely N-dealkylation sites (tertiary alicyclic amines) is 1. The summed E-state index contributed by atoms with van der Waals surface area (Å²) in [5.74, 6) is 0.416. The molecule has 29 heavy (non-hydrogen) atoms. The molecule has 0 N–H and O–H groups in total. The monoisotopic (exact) mass is 387 g/mol. The van der Waals surface area contributed by atoms with Crippen LogP contribution in [0.5, 0.6) is 0 Å². The summed E-state index contributed by atoms with van der Waals surface area (Å²) in [6, 6.07) is 19.1. The highest BCUT2D eigenvalue weighted by molar-refractivity contribution is 6.08. The third kappa shape index (κ3) is 2.67. The van der Waals surface area contributed by atoms with Crippen LogP contribution in [0.2, 0.25) is 0 Å². The summed E-state index contributed by atoms with van der Waals surface area (Å²) in [4.78, 5) is 29.8. The quantitative estimate of drug-likeness (QED) is 0.675. The number of amides is 2. The van der Waals surface area contributed by atoms with Crippen molar-refractivity contribution in [3.05, 3.63) is 71.9 Å². The van der Waals surface area contributed by atoms with Gasteiger partial charge in [-0.15, -0.1) is 0 Å². The average Bonchev–Trinajstić information content (AvgIpc) is 3.34. The molecule has 1 fully saturated rings. The lowest BCUT2D eigenvalue weighted by atomic mass is 9.75. The molecule has 6 nitrogen and oxygen atoms in total. The Morgan fingerprint density at radius 3 is 2.69 bits per heavy atom. The number of aromatic nitrogens is 1. The molecule has 1 aromatic heterocycles. The first-order chi connectivity index (χ1) is 14.1. The van der Waals surface area contributed by atoms with Crippen molar-refractivity contribution in [1.82, 2.24) is 10.1 Å². The SMILES string of the molecule is CN1C(=O)[C@@]2(CCCN(C(=O)c3cc(-c4ccccc4)on3)C2)c2ccccc21. The van der Waals surface area contributed by atoms with Gasteiger partial charge < -0.3 is 14.3 Å². The number of nitrogens with zero attached hydrogens (tertiary/aromatic N) is 3. The van der Waals surface area contributed by atoms with Crippen LogP contribution in [0.25, 0.3) is 11.3 Å². The van der Waals surface area contributed by atoms with E-state index in [1.165, 1.54) is 0 Å². The number of carbonyl (C=O) groups excluding carboxylic acids is 2. The van der Waals surface area contributed by atoms with Crippen molar-refractivity contribution in [2.24, 2.45) is 0 Å². The normalized spacial score (nSPS) is 20.9. The van der Waals surface area contributed by atoms with Gasteiger partial charge in [0.05, 0.1) is 5.41 Å². The van der Waals surface area contributed by atoms with E-state index in [0.717, 1.165) is 29.7 Å². The summed E-state index contributed by atoms with van der Waals surface area (Å²) in [6.45, 7) is 0.965. The van der Waals surface area contributed by atoms with Crippen molar-refractivity contribution >= 4 is 17.5 Å². The molecule has 0 saturated carbocycles. The van der Waals surface area contributed by atoms with Gasteiger partial charge in [0.15, 0.2) is 11.5 Å². The van der Waals surface area contributed by atoms with Crippen molar-refractivity contribution in [2.45, 2.75) is 18.3 Å². The minimum Gasteiger partial charge on any atom is -0.355 e. The second kappa shape index (κ2) is 6.58. The number of hydrogen-bond donors (Lipinski definition) is 0. The van der Waals surface area contributed by atoms with E-state index in [4.69, 9.17) is 4.52 Å². The predicted molar refractivity (Wildman–Crippen MR) is 109 cm³/mol. The smallest absolute Gasteiger partial charge is 0.276 e. The first-order valence-electron chi connectivity index (χ1n) is 9.79. The Kier molecular flexibility index (Phi) is 4.01. The van der Waals surface area contributed by atoms with Crippen molar-refractivity contribution < 1.29 is 14.1 Å². The van der Waals surface area contributed by atoms with Gasteiger partial charge in [0.1, 0.15) is 0 Å². The summed E-state index contributed by atoms with van der Waals surface area (Å²) in [5, 5.41) is 4.00. The molecule has 3 aromatic rings. The van der Waals surface area contributed by atoms with Crippen LogP contribution in [0.3, 0.4) is 0 Å². The van der Waals surface area contributed by atoms with Crippen LogP contribution >= 0.6 is 0 Å². The van der Waals surface area contributed by atoms with E-state index in [1.54, 1.807) is 22.9 Å². The molecule has 6 heteroatoms. The van der Waals surface area contributed by atoms with E-state index in [0.29, 0.717) is 18.8 Å². The third-order valence-electron chi connectivity index (χ3n) is 6.06. The molecule has 0 radical (unpaired) electrons. The van der Waals surface area contributed by atoms with Gasteiger partial charge in [-0.2, -0.15) is 0 Å². The number of fused-ring (bicyclic) bond motifs is 2. The second-order valence-electron chi connectivity index (χ2n) is 7.74. The first kappa shape index (κ1) is 17.7. The standard InChI is InChI=1S/C23H21N3O3/c1-25-19-11-6-5-10-17(19)23(22(25)28)12-7-13-26(15-23)21(27)18-14-20(29-24-18)16-8-3-2-4-9-16/h2-6,8-11,14H,7,12-13,15H2,1H3/t23-/m1/s1. The predicted octanol–water partition coefficient (Wildman–Crippen LogP) is 3.49. The van der Waals surface area contributed by atoms with Crippen LogP contribution in [0.4, 0.5) is 5.69 Å². The van der Waals surface area contributed by atoms with Gasteiger partial charge in [0.2, 0.25) is 5.91 Å². The highest BCUT2D eigenvalue weighted by Crippen LogP contribution is 2.46. The lowest BCUT2D eigenvalue weighted by Gasteiger charge is -2.39. The number of para-hydroxylation sites is 1. The molecule has 146 valence electrons. The number of carbonyl (C=O) groups is 2. The number of likely N-dealkylation sites (N-methyl/N-ethyl adjacent to an activating group) is 1. The molecule has 2 aromatic carbocycles. The van der Waals surface area contributed by atoms with Crippen molar-refractivity contribution in [3.63, 3.8) is 0 Å². The van der Waals surface area contributed by atoms with Gasteiger partial charge in [0, 0.05) is 37.5 Å². The maximum atomic E-state index is 13.2. The van der Waals surface area contributed by atoms with E-state index >= 15 is 0 Å². The van der Waals surface area contributed by atoms with Crippen LogP contribution in [-0.4, -0.2) is 42.0 Å². The van der Waals surface area contributed by atoms with Gasteiger partial charge in [0.25, 0.3) is 5.91 Å². The lowest BCUT2D eigenvalue weighted by molar-refractivity contribution is -0.124. The number of rotatable bonds is 2. The summed E-state index contributed by atoms with van der Waals surface area (Å²) >= 11 is 0. The summed E-state index contributed by atoms with van der Waals surface area (Å²) in [5.41, 5.74) is 2.41. The minimum atomic E-state index is -0.675. The molecule has 1 saturated heterocycles. The van der Waals surface area contributed by atoms with Gasteiger partial charge in [-0.25, -0.2) is 0 Å². The number of anilines is 1. The third-order valence-corrected chi connectivity index (χ3v) is 6.06. The highest BCUT2D eigenvalue weighted by Gasteiger charge is 2.52. The fourth-order valence-electron chi connectivity index (χ4n) is 4.62. The first-order valence-corrected chi connectivity index (χ1v) is 9.79. The van der Waals surface area contributed by atoms with Gasteiger partial charge >= 0.3 is 0 Å². The van der Waals surface area contributed by atoms with Crippen LogP contribution in [0, 0.1) is 0 Å². The van der Waals surface area contributed by atoms with Crippen molar-refractivity contribution in [2.75, 3.05) is 25.0 Å². The zero-order valence-electron chi connectivity index (χ0n) is 16.2. The van der Waals surface area contributed by atoms with E-state index in [2.05, 4.69) is 5.16 Å². The summed E-state index contributed by atoms with van der Waals surface area (Å²) < 4.78 is 5.40. The molecule has 2 aliphatic rings. The molecule has 3 heterocycles. The Morgan fingerprint density at radius 1 is 1.10 bits per heavy atom. The van der Waals surface area contributed by atoms with E-state index < -0.39 is 5.41 Å². The van der Waals surface area contributed by atoms with Gasteiger partial charge in [-0.1, -0.05) is 53.7 Å². The zero-order valence-corrected chi connectivity index (χ0v) is 16.2. The summed E-state index contributed by atoms with van der Waals surface area (Å²) in [6.07, 6.45) is 1.51. The fraction of sp³-hybridized carbons (Fsp3) is 0.261. The van der Waals surface area contributed by atoms with E-state index in [9.17, 15) is 9.59 Å². The second-order valence-corrected chi connectivity index (χ2v) is 7.74. The minimum absolute atomic E-state index is 0.0568. The van der Waals surface area contributed by atoms with Crippen LogP contribution in [0.1, 0.15) is 28.9 Å². The molecule has 0 unspecified atom stereocenters. The molecule has 0 aliphatic carbocycles. The Hall–Kier alpha value is -3.41. The van der Waals surface area contributed by atoms with Crippen LogP contribution < -0.4 is 4.90 Å². The molecule has 5 rings (SSSR count). The van der Waals surface area contributed by atoms with E-state index in [-0.39, 0.29) is 17.5 Å². The number of piperidine rings is 1. The average molecular weight is 387 g/mol. The molecular weight excluding hydrogens is 366 g/mol. The molecule has 2 aliphatic heterocycles. The highest BCUT2D eigenvalue weighted by atomic mass is 16.5.